The lowest BCUT2D eigenvalue weighted by atomic mass is 9.95. The molecule has 1 aliphatic heterocycles. The summed E-state index contributed by atoms with van der Waals surface area (Å²) >= 11 is 3.55. The number of aromatic nitrogens is 2. The summed E-state index contributed by atoms with van der Waals surface area (Å²) in [6, 6.07) is 2.20. The number of hydrogen-bond donors (Lipinski definition) is 0. The van der Waals surface area contributed by atoms with Crippen molar-refractivity contribution < 1.29 is 0 Å². The summed E-state index contributed by atoms with van der Waals surface area (Å²) in [6.45, 7) is 5.60. The Balaban J connectivity index is 1.92. The van der Waals surface area contributed by atoms with Gasteiger partial charge in [0, 0.05) is 25.5 Å². The molecule has 0 aliphatic carbocycles. The van der Waals surface area contributed by atoms with Gasteiger partial charge in [0.2, 0.25) is 0 Å². The average Bonchev–Trinajstić information content (AvgIpc) is 2.58. The van der Waals surface area contributed by atoms with Gasteiger partial charge in [0.1, 0.15) is 0 Å². The van der Waals surface area contributed by atoms with Gasteiger partial charge in [0.05, 0.1) is 11.4 Å². The smallest absolute Gasteiger partial charge is 0.0597 e. The molecule has 0 spiro atoms. The normalized spacial score (nSPS) is 21.9. The number of likely N-dealkylation sites (tertiary alicyclic amines) is 1. The van der Waals surface area contributed by atoms with Crippen molar-refractivity contribution in [3.63, 3.8) is 0 Å². The first-order valence-electron chi connectivity index (χ1n) is 6.47. The zero-order valence-corrected chi connectivity index (χ0v) is 12.4. The Bertz CT molecular complexity index is 360. The Morgan fingerprint density at radius 3 is 3.00 bits per heavy atom. The molecule has 3 nitrogen and oxygen atoms in total. The molecule has 1 atom stereocenters. The van der Waals surface area contributed by atoms with Crippen molar-refractivity contribution in [3.05, 3.63) is 17.5 Å². The lowest BCUT2D eigenvalue weighted by Crippen LogP contribution is -2.35. The van der Waals surface area contributed by atoms with Crippen LogP contribution in [0.5, 0.6) is 0 Å². The first kappa shape index (κ1) is 13.1. The van der Waals surface area contributed by atoms with E-state index in [-0.39, 0.29) is 0 Å². The Hall–Kier alpha value is -0.350. The standard InChI is InChI=1S/C13H22BrN3/c1-11-8-13(16(2)15-11)10-17-7-3-4-12(9-17)5-6-14/h8,12H,3-7,9-10H2,1-2H3. The second kappa shape index (κ2) is 6.01. The minimum atomic E-state index is 0.873. The zero-order valence-electron chi connectivity index (χ0n) is 10.8. The van der Waals surface area contributed by atoms with Crippen LogP contribution in [0, 0.1) is 12.8 Å². The number of rotatable bonds is 4. The number of piperidine rings is 1. The monoisotopic (exact) mass is 299 g/mol. The molecule has 4 heteroatoms. The van der Waals surface area contributed by atoms with E-state index in [0.29, 0.717) is 0 Å². The number of halogens is 1. The molecular weight excluding hydrogens is 278 g/mol. The fourth-order valence-corrected chi connectivity index (χ4v) is 3.37. The van der Waals surface area contributed by atoms with Crippen LogP contribution in [0.2, 0.25) is 0 Å². The van der Waals surface area contributed by atoms with Crippen molar-refractivity contribution in [1.29, 1.82) is 0 Å². The topological polar surface area (TPSA) is 21.1 Å². The molecule has 0 bridgehead atoms. The summed E-state index contributed by atoms with van der Waals surface area (Å²) in [5.74, 6) is 0.873. The van der Waals surface area contributed by atoms with Gasteiger partial charge in [0.15, 0.2) is 0 Å². The first-order chi connectivity index (χ1) is 8.19. The van der Waals surface area contributed by atoms with E-state index in [0.717, 1.165) is 23.5 Å². The summed E-state index contributed by atoms with van der Waals surface area (Å²) in [6.07, 6.45) is 4.04. The lowest BCUT2D eigenvalue weighted by Gasteiger charge is -2.32. The fourth-order valence-electron chi connectivity index (χ4n) is 2.73. The quantitative estimate of drug-likeness (QED) is 0.797. The molecule has 1 fully saturated rings. The molecule has 17 heavy (non-hydrogen) atoms. The summed E-state index contributed by atoms with van der Waals surface area (Å²) in [5.41, 5.74) is 2.46. The molecule has 0 radical (unpaired) electrons. The second-order valence-corrected chi connectivity index (χ2v) is 5.91. The third-order valence-corrected chi connectivity index (χ3v) is 4.06. The van der Waals surface area contributed by atoms with E-state index in [1.165, 1.54) is 38.0 Å². The number of alkyl halides is 1. The molecule has 1 aromatic rings. The predicted molar refractivity (Wildman–Crippen MR) is 74.4 cm³/mol. The van der Waals surface area contributed by atoms with Crippen molar-refractivity contribution in [3.8, 4) is 0 Å². The average molecular weight is 300 g/mol. The van der Waals surface area contributed by atoms with E-state index in [4.69, 9.17) is 0 Å². The molecule has 2 rings (SSSR count). The largest absolute Gasteiger partial charge is 0.297 e. The van der Waals surface area contributed by atoms with Crippen LogP contribution in [-0.2, 0) is 13.6 Å². The van der Waals surface area contributed by atoms with Gasteiger partial charge in [-0.2, -0.15) is 5.10 Å². The van der Waals surface area contributed by atoms with Crippen molar-refractivity contribution >= 4 is 15.9 Å². The summed E-state index contributed by atoms with van der Waals surface area (Å²) in [5, 5.41) is 5.55. The van der Waals surface area contributed by atoms with Crippen LogP contribution in [0.1, 0.15) is 30.7 Å². The SMILES string of the molecule is Cc1cc(CN2CCCC(CCBr)C2)n(C)n1. The van der Waals surface area contributed by atoms with Crippen LogP contribution < -0.4 is 0 Å². The number of hydrogen-bond acceptors (Lipinski definition) is 2. The highest BCUT2D eigenvalue weighted by molar-refractivity contribution is 9.09. The minimum Gasteiger partial charge on any atom is -0.297 e. The molecule has 1 aliphatic rings. The molecule has 0 amide bonds. The van der Waals surface area contributed by atoms with Crippen LogP contribution in [0.3, 0.4) is 0 Å². The lowest BCUT2D eigenvalue weighted by molar-refractivity contribution is 0.162. The van der Waals surface area contributed by atoms with Crippen LogP contribution in [0.4, 0.5) is 0 Å². The Morgan fingerprint density at radius 2 is 2.35 bits per heavy atom. The molecule has 96 valence electrons. The molecule has 0 N–H and O–H groups in total. The Labute approximate surface area is 112 Å². The van der Waals surface area contributed by atoms with E-state index in [2.05, 4.69) is 38.9 Å². The molecule has 0 saturated carbocycles. The number of aryl methyl sites for hydroxylation is 2. The molecule has 1 saturated heterocycles. The molecular formula is C13H22BrN3. The van der Waals surface area contributed by atoms with Crippen LogP contribution in [0.25, 0.3) is 0 Å². The highest BCUT2D eigenvalue weighted by atomic mass is 79.9. The summed E-state index contributed by atoms with van der Waals surface area (Å²) < 4.78 is 2.02. The molecule has 0 aromatic carbocycles. The van der Waals surface area contributed by atoms with Gasteiger partial charge in [0.25, 0.3) is 0 Å². The van der Waals surface area contributed by atoms with Gasteiger partial charge in [-0.15, -0.1) is 0 Å². The van der Waals surface area contributed by atoms with Gasteiger partial charge in [-0.05, 0) is 44.7 Å². The van der Waals surface area contributed by atoms with E-state index in [1.54, 1.807) is 0 Å². The van der Waals surface area contributed by atoms with Crippen LogP contribution in [0.15, 0.2) is 6.07 Å². The third-order valence-electron chi connectivity index (χ3n) is 3.60. The van der Waals surface area contributed by atoms with Gasteiger partial charge in [-0.3, -0.25) is 9.58 Å². The molecule has 1 aromatic heterocycles. The third kappa shape index (κ3) is 3.55. The van der Waals surface area contributed by atoms with Crippen molar-refractivity contribution in [2.45, 2.75) is 32.7 Å². The van der Waals surface area contributed by atoms with Crippen molar-refractivity contribution in [1.82, 2.24) is 14.7 Å². The predicted octanol–water partition coefficient (Wildman–Crippen LogP) is 2.73. The fraction of sp³-hybridized carbons (Fsp3) is 0.769. The zero-order chi connectivity index (χ0) is 12.3. The highest BCUT2D eigenvalue weighted by Crippen LogP contribution is 2.21. The summed E-state index contributed by atoms with van der Waals surface area (Å²) in [4.78, 5) is 2.58. The van der Waals surface area contributed by atoms with Crippen molar-refractivity contribution in [2.75, 3.05) is 18.4 Å². The number of nitrogens with zero attached hydrogens (tertiary/aromatic N) is 3. The molecule has 1 unspecified atom stereocenters. The van der Waals surface area contributed by atoms with Gasteiger partial charge in [-0.1, -0.05) is 15.9 Å². The van der Waals surface area contributed by atoms with Gasteiger partial charge in [-0.25, -0.2) is 0 Å². The maximum absolute atomic E-state index is 4.41. The van der Waals surface area contributed by atoms with Crippen LogP contribution in [-0.4, -0.2) is 33.1 Å². The van der Waals surface area contributed by atoms with E-state index >= 15 is 0 Å². The van der Waals surface area contributed by atoms with Crippen LogP contribution >= 0.6 is 15.9 Å². The first-order valence-corrected chi connectivity index (χ1v) is 7.59. The van der Waals surface area contributed by atoms with Gasteiger partial charge < -0.3 is 0 Å². The van der Waals surface area contributed by atoms with E-state index < -0.39 is 0 Å². The Morgan fingerprint density at radius 1 is 1.53 bits per heavy atom. The van der Waals surface area contributed by atoms with E-state index in [9.17, 15) is 0 Å². The van der Waals surface area contributed by atoms with Crippen molar-refractivity contribution in [2.24, 2.45) is 13.0 Å². The minimum absolute atomic E-state index is 0.873. The summed E-state index contributed by atoms with van der Waals surface area (Å²) in [7, 11) is 2.04. The highest BCUT2D eigenvalue weighted by Gasteiger charge is 2.20. The maximum Gasteiger partial charge on any atom is 0.0597 e. The second-order valence-electron chi connectivity index (χ2n) is 5.12. The Kier molecular flexibility index (Phi) is 4.62. The van der Waals surface area contributed by atoms with E-state index in [1.807, 2.05) is 11.7 Å². The van der Waals surface area contributed by atoms with Gasteiger partial charge >= 0.3 is 0 Å². The molecule has 2 heterocycles. The maximum atomic E-state index is 4.41.